The monoisotopic (exact) mass is 405 g/mol. The number of aromatic nitrogens is 2. The molecule has 0 saturated heterocycles. The van der Waals surface area contributed by atoms with Crippen LogP contribution in [0.1, 0.15) is 60.8 Å². The zero-order valence-corrected chi connectivity index (χ0v) is 17.4. The summed E-state index contributed by atoms with van der Waals surface area (Å²) >= 11 is 0. The van der Waals surface area contributed by atoms with Crippen molar-refractivity contribution in [3.8, 4) is 22.8 Å². The fourth-order valence-electron chi connectivity index (χ4n) is 4.04. The van der Waals surface area contributed by atoms with E-state index in [1.807, 2.05) is 48.2 Å². The highest BCUT2D eigenvalue weighted by Crippen LogP contribution is 2.44. The van der Waals surface area contributed by atoms with Crippen molar-refractivity contribution in [3.63, 3.8) is 0 Å². The Morgan fingerprint density at radius 3 is 2.57 bits per heavy atom. The molecule has 2 aromatic carbocycles. The Hall–Kier alpha value is -3.28. The Balaban J connectivity index is 1.68. The number of carbonyl (C=O) groups is 1. The molecule has 0 aliphatic carbocycles. The minimum Gasteiger partial charge on any atom is -0.507 e. The third kappa shape index (κ3) is 3.54. The van der Waals surface area contributed by atoms with Gasteiger partial charge in [-0.3, -0.25) is 9.89 Å². The van der Waals surface area contributed by atoms with E-state index in [9.17, 15) is 9.90 Å². The zero-order valence-electron chi connectivity index (χ0n) is 17.4. The van der Waals surface area contributed by atoms with Gasteiger partial charge in [-0.05, 0) is 43.2 Å². The standard InChI is InChI=1S/C24H27N3O3/c1-3-5-8-15-30-17-13-11-16(12-14-17)23-20-21(18-9-6-7-10-19(18)28)25-26-22(20)24(29)27(23)4-2/h6-7,9-14,23,28H,3-5,8,15H2,1-2H3,(H,25,26). The third-order valence-electron chi connectivity index (χ3n) is 5.58. The number of hydrogen-bond donors (Lipinski definition) is 2. The van der Waals surface area contributed by atoms with E-state index in [1.165, 1.54) is 0 Å². The van der Waals surface area contributed by atoms with Gasteiger partial charge in [-0.15, -0.1) is 0 Å². The molecule has 0 bridgehead atoms. The fourth-order valence-corrected chi connectivity index (χ4v) is 4.04. The lowest BCUT2D eigenvalue weighted by atomic mass is 9.95. The second-order valence-electron chi connectivity index (χ2n) is 7.50. The average Bonchev–Trinajstić information content (AvgIpc) is 3.31. The number of hydrogen-bond acceptors (Lipinski definition) is 4. The number of aromatic hydroxyl groups is 1. The molecular formula is C24H27N3O3. The highest BCUT2D eigenvalue weighted by molar-refractivity contribution is 6.00. The summed E-state index contributed by atoms with van der Waals surface area (Å²) in [6.07, 6.45) is 3.37. The molecule has 1 amide bonds. The van der Waals surface area contributed by atoms with Crippen LogP contribution in [0.2, 0.25) is 0 Å². The number of phenolic OH excluding ortho intramolecular Hbond substituents is 1. The Morgan fingerprint density at radius 2 is 1.87 bits per heavy atom. The highest BCUT2D eigenvalue weighted by Gasteiger charge is 2.41. The van der Waals surface area contributed by atoms with Crippen LogP contribution >= 0.6 is 0 Å². The van der Waals surface area contributed by atoms with Crippen LogP contribution in [0.3, 0.4) is 0 Å². The number of nitrogens with one attached hydrogen (secondary N) is 1. The predicted octanol–water partition coefficient (Wildman–Crippen LogP) is 4.92. The van der Waals surface area contributed by atoms with Crippen molar-refractivity contribution in [1.82, 2.24) is 15.1 Å². The smallest absolute Gasteiger partial charge is 0.273 e. The number of H-pyrrole nitrogens is 1. The summed E-state index contributed by atoms with van der Waals surface area (Å²) in [6.45, 7) is 5.42. The van der Waals surface area contributed by atoms with E-state index in [2.05, 4.69) is 17.1 Å². The first-order chi connectivity index (χ1) is 14.7. The Labute approximate surface area is 176 Å². The summed E-state index contributed by atoms with van der Waals surface area (Å²) in [5.74, 6) is 0.894. The zero-order chi connectivity index (χ0) is 21.1. The number of para-hydroxylation sites is 1. The van der Waals surface area contributed by atoms with Gasteiger partial charge in [0, 0.05) is 17.7 Å². The van der Waals surface area contributed by atoms with Crippen molar-refractivity contribution in [1.29, 1.82) is 0 Å². The maximum Gasteiger partial charge on any atom is 0.273 e. The topological polar surface area (TPSA) is 78.5 Å². The molecule has 1 atom stereocenters. The lowest BCUT2D eigenvalue weighted by Gasteiger charge is -2.25. The molecule has 4 rings (SSSR count). The summed E-state index contributed by atoms with van der Waals surface area (Å²) in [6, 6.07) is 14.7. The van der Waals surface area contributed by atoms with E-state index in [0.29, 0.717) is 30.1 Å². The molecule has 0 spiro atoms. The van der Waals surface area contributed by atoms with Gasteiger partial charge in [-0.25, -0.2) is 0 Å². The van der Waals surface area contributed by atoms with Crippen LogP contribution in [0.5, 0.6) is 11.5 Å². The molecule has 0 radical (unpaired) electrons. The second-order valence-corrected chi connectivity index (χ2v) is 7.50. The van der Waals surface area contributed by atoms with E-state index in [0.717, 1.165) is 36.1 Å². The van der Waals surface area contributed by atoms with Crippen molar-refractivity contribution in [2.24, 2.45) is 0 Å². The number of carbonyl (C=O) groups excluding carboxylic acids is 1. The molecule has 1 aliphatic heterocycles. The third-order valence-corrected chi connectivity index (χ3v) is 5.58. The first kappa shape index (κ1) is 20.0. The maximum atomic E-state index is 13.0. The van der Waals surface area contributed by atoms with Gasteiger partial charge < -0.3 is 14.7 Å². The van der Waals surface area contributed by atoms with Gasteiger partial charge in [-0.1, -0.05) is 44.0 Å². The van der Waals surface area contributed by atoms with Crippen molar-refractivity contribution < 1.29 is 14.6 Å². The van der Waals surface area contributed by atoms with Gasteiger partial charge in [0.15, 0.2) is 0 Å². The van der Waals surface area contributed by atoms with Crippen LogP contribution in [-0.2, 0) is 0 Å². The van der Waals surface area contributed by atoms with E-state index in [-0.39, 0.29) is 17.7 Å². The summed E-state index contributed by atoms with van der Waals surface area (Å²) < 4.78 is 5.83. The number of unbranched alkanes of at least 4 members (excludes halogenated alkanes) is 2. The molecule has 3 aromatic rings. The SMILES string of the molecule is CCCCCOc1ccc(C2c3c(-c4ccccc4O)n[nH]c3C(=O)N2CC)cc1. The number of fused-ring (bicyclic) bond motifs is 1. The van der Waals surface area contributed by atoms with E-state index in [1.54, 1.807) is 12.1 Å². The number of ether oxygens (including phenoxy) is 1. The number of phenols is 1. The molecule has 2 N–H and O–H groups in total. The molecule has 156 valence electrons. The van der Waals surface area contributed by atoms with Crippen LogP contribution in [-0.4, -0.2) is 39.3 Å². The van der Waals surface area contributed by atoms with E-state index in [4.69, 9.17) is 4.74 Å². The minimum absolute atomic E-state index is 0.0773. The van der Waals surface area contributed by atoms with Crippen molar-refractivity contribution in [2.45, 2.75) is 39.2 Å². The summed E-state index contributed by atoms with van der Waals surface area (Å²) in [5, 5.41) is 17.6. The fraction of sp³-hybridized carbons (Fsp3) is 0.333. The van der Waals surface area contributed by atoms with Gasteiger partial charge in [0.1, 0.15) is 22.9 Å². The van der Waals surface area contributed by atoms with Gasteiger partial charge in [0.25, 0.3) is 5.91 Å². The molecule has 6 nitrogen and oxygen atoms in total. The lowest BCUT2D eigenvalue weighted by molar-refractivity contribution is 0.0754. The lowest BCUT2D eigenvalue weighted by Crippen LogP contribution is -2.29. The first-order valence-electron chi connectivity index (χ1n) is 10.6. The minimum atomic E-state index is -0.264. The average molecular weight is 405 g/mol. The normalized spacial score (nSPS) is 15.5. The van der Waals surface area contributed by atoms with Gasteiger partial charge in [-0.2, -0.15) is 5.10 Å². The number of amides is 1. The molecule has 6 heteroatoms. The van der Waals surface area contributed by atoms with Crippen molar-refractivity contribution >= 4 is 5.91 Å². The number of nitrogens with zero attached hydrogens (tertiary/aromatic N) is 2. The molecule has 2 heterocycles. The molecule has 0 fully saturated rings. The van der Waals surface area contributed by atoms with E-state index >= 15 is 0 Å². The Kier molecular flexibility index (Phi) is 5.74. The summed E-state index contributed by atoms with van der Waals surface area (Å²) in [5.41, 5.74) is 3.50. The van der Waals surface area contributed by atoms with Crippen LogP contribution in [0.4, 0.5) is 0 Å². The van der Waals surface area contributed by atoms with Crippen LogP contribution in [0.15, 0.2) is 48.5 Å². The highest BCUT2D eigenvalue weighted by atomic mass is 16.5. The second kappa shape index (κ2) is 8.61. The molecule has 1 aromatic heterocycles. The van der Waals surface area contributed by atoms with Crippen molar-refractivity contribution in [3.05, 3.63) is 65.4 Å². The van der Waals surface area contributed by atoms with Gasteiger partial charge in [0.05, 0.1) is 12.6 Å². The first-order valence-corrected chi connectivity index (χ1v) is 10.6. The quantitative estimate of drug-likeness (QED) is 0.522. The van der Waals surface area contributed by atoms with Gasteiger partial charge >= 0.3 is 0 Å². The largest absolute Gasteiger partial charge is 0.507 e. The molecule has 0 saturated carbocycles. The molecular weight excluding hydrogens is 378 g/mol. The molecule has 1 aliphatic rings. The van der Waals surface area contributed by atoms with Crippen molar-refractivity contribution in [2.75, 3.05) is 13.2 Å². The summed E-state index contributed by atoms with van der Waals surface area (Å²) in [4.78, 5) is 14.8. The molecule has 1 unspecified atom stereocenters. The maximum absolute atomic E-state index is 13.0. The van der Waals surface area contributed by atoms with E-state index < -0.39 is 0 Å². The Bertz CT molecular complexity index is 1030. The number of benzene rings is 2. The Morgan fingerprint density at radius 1 is 1.10 bits per heavy atom. The van der Waals surface area contributed by atoms with Crippen LogP contribution < -0.4 is 4.74 Å². The predicted molar refractivity (Wildman–Crippen MR) is 116 cm³/mol. The van der Waals surface area contributed by atoms with Crippen LogP contribution in [0.25, 0.3) is 11.3 Å². The molecule has 30 heavy (non-hydrogen) atoms. The van der Waals surface area contributed by atoms with Gasteiger partial charge in [0.2, 0.25) is 0 Å². The van der Waals surface area contributed by atoms with Crippen LogP contribution in [0, 0.1) is 0 Å². The number of aromatic amines is 1. The summed E-state index contributed by atoms with van der Waals surface area (Å²) in [7, 11) is 0. The number of rotatable bonds is 8.